The van der Waals surface area contributed by atoms with Crippen LogP contribution in [0.15, 0.2) is 36.5 Å². The average molecular weight is 326 g/mol. The predicted molar refractivity (Wildman–Crippen MR) is 92.5 cm³/mol. The number of nitrogens with zero attached hydrogens (tertiary/aromatic N) is 2. The molecule has 2 aromatic rings. The first-order valence-corrected chi connectivity index (χ1v) is 8.69. The number of amides is 1. The predicted octanol–water partition coefficient (Wildman–Crippen LogP) is 2.69. The van der Waals surface area contributed by atoms with Gasteiger partial charge in [-0.15, -0.1) is 0 Å². The molecule has 1 aromatic heterocycles. The average Bonchev–Trinajstić information content (AvgIpc) is 3.07. The number of aromatic amines is 1. The number of hydrogen-bond acceptors (Lipinski definition) is 4. The Morgan fingerprint density at radius 3 is 2.70 bits per heavy atom. The van der Waals surface area contributed by atoms with E-state index in [1.807, 2.05) is 42.1 Å². The van der Waals surface area contributed by atoms with Gasteiger partial charge in [0, 0.05) is 43.0 Å². The topological polar surface area (TPSA) is 71.9 Å². The van der Waals surface area contributed by atoms with Crippen molar-refractivity contribution in [3.05, 3.63) is 53.3 Å². The van der Waals surface area contributed by atoms with E-state index in [0.717, 1.165) is 25.3 Å². The molecule has 2 N–H and O–H groups in total. The Morgan fingerprint density at radius 2 is 2.04 bits per heavy atom. The van der Waals surface area contributed by atoms with E-state index in [4.69, 9.17) is 5.26 Å². The standard InChI is InChI=1S/C17H18N4OS/c18-10-14-9-16(19-11-14)17(22)20-15-3-1-13(2-4-15)12-21-5-7-23-8-6-21/h1-4,9,11,19H,5-8,12H2,(H,20,22). The fourth-order valence-corrected chi connectivity index (χ4v) is 3.48. The molecule has 1 aliphatic heterocycles. The molecule has 5 nitrogen and oxygen atoms in total. The smallest absolute Gasteiger partial charge is 0.272 e. The van der Waals surface area contributed by atoms with E-state index in [1.165, 1.54) is 29.3 Å². The second-order valence-corrected chi connectivity index (χ2v) is 6.68. The Labute approximate surface area is 139 Å². The van der Waals surface area contributed by atoms with Gasteiger partial charge in [0.25, 0.3) is 5.91 Å². The molecule has 118 valence electrons. The zero-order valence-electron chi connectivity index (χ0n) is 12.7. The lowest BCUT2D eigenvalue weighted by molar-refractivity contribution is 0.102. The number of H-pyrrole nitrogens is 1. The first-order chi connectivity index (χ1) is 11.2. The highest BCUT2D eigenvalue weighted by atomic mass is 32.2. The highest BCUT2D eigenvalue weighted by Crippen LogP contribution is 2.16. The van der Waals surface area contributed by atoms with Crippen molar-refractivity contribution in [2.75, 3.05) is 29.9 Å². The molecule has 0 aliphatic carbocycles. The zero-order chi connectivity index (χ0) is 16.1. The maximum atomic E-state index is 12.1. The SMILES string of the molecule is N#Cc1c[nH]c(C(=O)Nc2ccc(CN3CCSCC3)cc2)c1. The van der Waals surface area contributed by atoms with Crippen LogP contribution in [0.3, 0.4) is 0 Å². The molecule has 1 fully saturated rings. The summed E-state index contributed by atoms with van der Waals surface area (Å²) in [5.41, 5.74) is 2.84. The van der Waals surface area contributed by atoms with Crippen LogP contribution >= 0.6 is 11.8 Å². The van der Waals surface area contributed by atoms with Crippen molar-refractivity contribution in [2.24, 2.45) is 0 Å². The Balaban J connectivity index is 1.58. The summed E-state index contributed by atoms with van der Waals surface area (Å²) in [5, 5.41) is 11.6. The lowest BCUT2D eigenvalue weighted by atomic mass is 10.2. The van der Waals surface area contributed by atoms with Gasteiger partial charge in [-0.1, -0.05) is 12.1 Å². The molecule has 1 amide bonds. The lowest BCUT2D eigenvalue weighted by Gasteiger charge is -2.26. The number of benzene rings is 1. The van der Waals surface area contributed by atoms with Gasteiger partial charge < -0.3 is 10.3 Å². The van der Waals surface area contributed by atoms with Crippen molar-refractivity contribution in [3.63, 3.8) is 0 Å². The Bertz CT molecular complexity index is 711. The maximum absolute atomic E-state index is 12.1. The molecule has 0 spiro atoms. The summed E-state index contributed by atoms with van der Waals surface area (Å²) in [7, 11) is 0. The van der Waals surface area contributed by atoms with Gasteiger partial charge >= 0.3 is 0 Å². The largest absolute Gasteiger partial charge is 0.356 e. The molecule has 23 heavy (non-hydrogen) atoms. The minimum absolute atomic E-state index is 0.243. The summed E-state index contributed by atoms with van der Waals surface area (Å²) in [5.74, 6) is 2.16. The first-order valence-electron chi connectivity index (χ1n) is 7.53. The van der Waals surface area contributed by atoms with Gasteiger partial charge in [0.2, 0.25) is 0 Å². The fourth-order valence-electron chi connectivity index (χ4n) is 2.50. The molecule has 0 atom stereocenters. The normalized spacial score (nSPS) is 15.1. The van der Waals surface area contributed by atoms with Crippen LogP contribution in [-0.2, 0) is 6.54 Å². The summed E-state index contributed by atoms with van der Waals surface area (Å²) in [6, 6.07) is 11.5. The van der Waals surface area contributed by atoms with Crippen LogP contribution < -0.4 is 5.32 Å². The third-order valence-corrected chi connectivity index (χ3v) is 4.72. The van der Waals surface area contributed by atoms with E-state index in [0.29, 0.717) is 11.3 Å². The van der Waals surface area contributed by atoms with E-state index in [9.17, 15) is 4.79 Å². The molecule has 6 heteroatoms. The van der Waals surface area contributed by atoms with Gasteiger partial charge in [-0.3, -0.25) is 9.69 Å². The molecule has 1 saturated heterocycles. The van der Waals surface area contributed by atoms with Gasteiger partial charge in [0.1, 0.15) is 11.8 Å². The monoisotopic (exact) mass is 326 g/mol. The molecule has 0 saturated carbocycles. The number of nitriles is 1. The number of carbonyl (C=O) groups is 1. The van der Waals surface area contributed by atoms with Crippen LogP contribution in [0.4, 0.5) is 5.69 Å². The van der Waals surface area contributed by atoms with Crippen molar-refractivity contribution >= 4 is 23.4 Å². The van der Waals surface area contributed by atoms with Crippen LogP contribution in [0.5, 0.6) is 0 Å². The summed E-state index contributed by atoms with van der Waals surface area (Å²) >= 11 is 2.01. The molecular formula is C17H18N4OS. The Morgan fingerprint density at radius 1 is 1.30 bits per heavy atom. The number of thioether (sulfide) groups is 1. The van der Waals surface area contributed by atoms with Gasteiger partial charge in [-0.2, -0.15) is 17.0 Å². The van der Waals surface area contributed by atoms with Crippen LogP contribution in [0.1, 0.15) is 21.6 Å². The molecule has 1 aliphatic rings. The van der Waals surface area contributed by atoms with Crippen LogP contribution in [0, 0.1) is 11.3 Å². The quantitative estimate of drug-likeness (QED) is 0.906. The van der Waals surface area contributed by atoms with Gasteiger partial charge in [0.15, 0.2) is 0 Å². The summed E-state index contributed by atoms with van der Waals surface area (Å²) in [6.07, 6.45) is 1.52. The van der Waals surface area contributed by atoms with E-state index >= 15 is 0 Å². The Kier molecular flexibility index (Phi) is 5.01. The van der Waals surface area contributed by atoms with Crippen molar-refractivity contribution in [2.45, 2.75) is 6.54 Å². The van der Waals surface area contributed by atoms with Gasteiger partial charge in [-0.05, 0) is 23.8 Å². The number of aromatic nitrogens is 1. The van der Waals surface area contributed by atoms with E-state index in [1.54, 1.807) is 0 Å². The molecule has 2 heterocycles. The summed E-state index contributed by atoms with van der Waals surface area (Å²) in [6.45, 7) is 3.23. The summed E-state index contributed by atoms with van der Waals surface area (Å²) in [4.78, 5) is 17.3. The number of anilines is 1. The number of rotatable bonds is 4. The minimum atomic E-state index is -0.243. The third kappa shape index (κ3) is 4.15. The molecule has 1 aromatic carbocycles. The molecule has 0 radical (unpaired) electrons. The molecule has 3 rings (SSSR count). The fraction of sp³-hybridized carbons (Fsp3) is 0.294. The first kappa shape index (κ1) is 15.7. The molecule has 0 unspecified atom stereocenters. The third-order valence-electron chi connectivity index (χ3n) is 3.78. The van der Waals surface area contributed by atoms with Gasteiger partial charge in [0.05, 0.1) is 5.56 Å². The highest BCUT2D eigenvalue weighted by Gasteiger charge is 2.11. The van der Waals surface area contributed by atoms with Crippen LogP contribution in [0.2, 0.25) is 0 Å². The van der Waals surface area contributed by atoms with Crippen molar-refractivity contribution in [1.82, 2.24) is 9.88 Å². The second kappa shape index (κ2) is 7.36. The van der Waals surface area contributed by atoms with Crippen LogP contribution in [0.25, 0.3) is 0 Å². The van der Waals surface area contributed by atoms with E-state index in [-0.39, 0.29) is 5.91 Å². The van der Waals surface area contributed by atoms with E-state index < -0.39 is 0 Å². The molecule has 0 bridgehead atoms. The number of nitrogens with one attached hydrogen (secondary N) is 2. The molecular weight excluding hydrogens is 308 g/mol. The van der Waals surface area contributed by atoms with Crippen molar-refractivity contribution in [1.29, 1.82) is 5.26 Å². The maximum Gasteiger partial charge on any atom is 0.272 e. The van der Waals surface area contributed by atoms with E-state index in [2.05, 4.69) is 15.2 Å². The summed E-state index contributed by atoms with van der Waals surface area (Å²) < 4.78 is 0. The minimum Gasteiger partial charge on any atom is -0.356 e. The van der Waals surface area contributed by atoms with Crippen molar-refractivity contribution < 1.29 is 4.79 Å². The van der Waals surface area contributed by atoms with Gasteiger partial charge in [-0.25, -0.2) is 0 Å². The zero-order valence-corrected chi connectivity index (χ0v) is 13.5. The van der Waals surface area contributed by atoms with Crippen molar-refractivity contribution in [3.8, 4) is 6.07 Å². The Hall–Kier alpha value is -2.23. The lowest BCUT2D eigenvalue weighted by Crippen LogP contribution is -2.31. The second-order valence-electron chi connectivity index (χ2n) is 5.45. The van der Waals surface area contributed by atoms with Crippen LogP contribution in [-0.4, -0.2) is 40.4 Å². The number of hydrogen-bond donors (Lipinski definition) is 2. The number of carbonyl (C=O) groups excluding carboxylic acids is 1. The highest BCUT2D eigenvalue weighted by molar-refractivity contribution is 7.99.